The Morgan fingerprint density at radius 3 is 2.00 bits per heavy atom. The molecule has 1 aromatic heterocycles. The largest absolute Gasteiger partial charge is 0.345 e. The molecular formula is C18H17N3O. The molecule has 3 rings (SSSR count). The van der Waals surface area contributed by atoms with Gasteiger partial charge < -0.3 is 5.32 Å². The van der Waals surface area contributed by atoms with Crippen LogP contribution in [0.2, 0.25) is 0 Å². The van der Waals surface area contributed by atoms with Gasteiger partial charge in [-0.2, -0.15) is 0 Å². The summed E-state index contributed by atoms with van der Waals surface area (Å²) < 4.78 is 0. The summed E-state index contributed by atoms with van der Waals surface area (Å²) in [5, 5.41) is 3.33. The van der Waals surface area contributed by atoms with E-state index in [-0.39, 0.29) is 11.6 Å². The molecular weight excluding hydrogens is 274 g/mol. The van der Waals surface area contributed by atoms with Crippen molar-refractivity contribution in [2.75, 3.05) is 5.32 Å². The molecule has 110 valence electrons. The lowest BCUT2D eigenvalue weighted by molar-refractivity contribution is 0.897. The van der Waals surface area contributed by atoms with Gasteiger partial charge in [0.05, 0.1) is 6.04 Å². The summed E-state index contributed by atoms with van der Waals surface area (Å²) in [5.41, 5.74) is 2.75. The van der Waals surface area contributed by atoms with Crippen LogP contribution >= 0.6 is 0 Å². The molecule has 1 heterocycles. The lowest BCUT2D eigenvalue weighted by Crippen LogP contribution is -2.18. The van der Waals surface area contributed by atoms with E-state index >= 15 is 0 Å². The molecule has 0 atom stereocenters. The van der Waals surface area contributed by atoms with Crippen LogP contribution in [0.4, 0.5) is 5.95 Å². The standard InChI is InChI=1S/C18H17N3O/c1-13-12-16(22)20-18(19-13)21-17(14-8-4-2-5-9-14)15-10-6-3-7-11-15/h2-12,17H,1H3,(H2,19,20,21,22). The number of rotatable bonds is 4. The predicted molar refractivity (Wildman–Crippen MR) is 87.9 cm³/mol. The average molecular weight is 291 g/mol. The second kappa shape index (κ2) is 6.26. The third-order valence-corrected chi connectivity index (χ3v) is 3.42. The quantitative estimate of drug-likeness (QED) is 0.775. The van der Waals surface area contributed by atoms with Crippen molar-refractivity contribution in [2.24, 2.45) is 0 Å². The molecule has 2 aromatic carbocycles. The second-order valence-electron chi connectivity index (χ2n) is 5.13. The van der Waals surface area contributed by atoms with Crippen LogP contribution in [0.25, 0.3) is 0 Å². The minimum absolute atomic E-state index is 0.0765. The predicted octanol–water partition coefficient (Wildman–Crippen LogP) is 3.28. The van der Waals surface area contributed by atoms with Gasteiger partial charge in [0.15, 0.2) is 0 Å². The van der Waals surface area contributed by atoms with Crippen LogP contribution in [-0.4, -0.2) is 9.97 Å². The fraction of sp³-hybridized carbons (Fsp3) is 0.111. The van der Waals surface area contributed by atoms with E-state index in [0.29, 0.717) is 11.6 Å². The number of nitrogens with zero attached hydrogens (tertiary/aromatic N) is 1. The van der Waals surface area contributed by atoms with Gasteiger partial charge in [0.1, 0.15) is 0 Å². The minimum Gasteiger partial charge on any atom is -0.345 e. The van der Waals surface area contributed by atoms with Crippen molar-refractivity contribution in [1.82, 2.24) is 9.97 Å². The zero-order chi connectivity index (χ0) is 15.4. The molecule has 0 fully saturated rings. The van der Waals surface area contributed by atoms with Crippen LogP contribution in [0, 0.1) is 6.92 Å². The normalized spacial score (nSPS) is 10.6. The SMILES string of the molecule is Cc1cc(=O)[nH]c(NC(c2ccccc2)c2ccccc2)n1. The van der Waals surface area contributed by atoms with Gasteiger partial charge >= 0.3 is 0 Å². The smallest absolute Gasteiger partial charge is 0.252 e. The molecule has 0 saturated carbocycles. The van der Waals surface area contributed by atoms with E-state index in [1.165, 1.54) is 6.07 Å². The Morgan fingerprint density at radius 2 is 1.50 bits per heavy atom. The molecule has 0 bridgehead atoms. The Bertz CT molecular complexity index is 758. The monoisotopic (exact) mass is 291 g/mol. The van der Waals surface area contributed by atoms with Crippen molar-refractivity contribution >= 4 is 5.95 Å². The van der Waals surface area contributed by atoms with E-state index in [2.05, 4.69) is 39.6 Å². The van der Waals surface area contributed by atoms with Gasteiger partial charge in [-0.05, 0) is 18.1 Å². The van der Waals surface area contributed by atoms with Gasteiger partial charge in [-0.25, -0.2) is 4.98 Å². The Labute approximate surface area is 128 Å². The zero-order valence-corrected chi connectivity index (χ0v) is 12.3. The van der Waals surface area contributed by atoms with Gasteiger partial charge in [-0.15, -0.1) is 0 Å². The molecule has 3 aromatic rings. The molecule has 0 amide bonds. The molecule has 0 radical (unpaired) electrons. The van der Waals surface area contributed by atoms with Crippen molar-refractivity contribution < 1.29 is 0 Å². The Morgan fingerprint density at radius 1 is 0.955 bits per heavy atom. The topological polar surface area (TPSA) is 57.8 Å². The number of anilines is 1. The highest BCUT2D eigenvalue weighted by Gasteiger charge is 2.14. The summed E-state index contributed by atoms with van der Waals surface area (Å²) in [4.78, 5) is 18.7. The van der Waals surface area contributed by atoms with E-state index in [0.717, 1.165) is 11.1 Å². The molecule has 4 heteroatoms. The van der Waals surface area contributed by atoms with Crippen molar-refractivity contribution in [3.05, 3.63) is 93.9 Å². The van der Waals surface area contributed by atoms with E-state index in [1.807, 2.05) is 36.4 Å². The van der Waals surface area contributed by atoms with Gasteiger partial charge in [-0.3, -0.25) is 9.78 Å². The fourth-order valence-corrected chi connectivity index (χ4v) is 2.43. The van der Waals surface area contributed by atoms with Crippen LogP contribution in [0.1, 0.15) is 22.9 Å². The maximum Gasteiger partial charge on any atom is 0.252 e. The van der Waals surface area contributed by atoms with E-state index in [9.17, 15) is 4.79 Å². The summed E-state index contributed by atoms with van der Waals surface area (Å²) in [6, 6.07) is 21.6. The van der Waals surface area contributed by atoms with Crippen LogP contribution in [-0.2, 0) is 0 Å². The number of H-pyrrole nitrogens is 1. The van der Waals surface area contributed by atoms with Gasteiger partial charge in [0, 0.05) is 11.8 Å². The Kier molecular flexibility index (Phi) is 4.01. The molecule has 4 nitrogen and oxygen atoms in total. The summed E-state index contributed by atoms with van der Waals surface area (Å²) in [5.74, 6) is 0.475. The molecule has 0 aliphatic heterocycles. The first-order chi connectivity index (χ1) is 10.7. The highest BCUT2D eigenvalue weighted by atomic mass is 16.1. The second-order valence-corrected chi connectivity index (χ2v) is 5.13. The Balaban J connectivity index is 2.01. The third kappa shape index (κ3) is 3.23. The number of aryl methyl sites for hydroxylation is 1. The Hall–Kier alpha value is -2.88. The zero-order valence-electron chi connectivity index (χ0n) is 12.3. The fourth-order valence-electron chi connectivity index (χ4n) is 2.43. The third-order valence-electron chi connectivity index (χ3n) is 3.42. The van der Waals surface area contributed by atoms with Crippen molar-refractivity contribution in [3.8, 4) is 0 Å². The van der Waals surface area contributed by atoms with Gasteiger partial charge in [-0.1, -0.05) is 60.7 Å². The van der Waals surface area contributed by atoms with Crippen LogP contribution in [0.3, 0.4) is 0 Å². The first kappa shape index (κ1) is 14.1. The first-order valence-electron chi connectivity index (χ1n) is 7.17. The maximum atomic E-state index is 11.6. The van der Waals surface area contributed by atoms with E-state index in [1.54, 1.807) is 6.92 Å². The molecule has 0 unspecified atom stereocenters. The van der Waals surface area contributed by atoms with Crippen molar-refractivity contribution in [1.29, 1.82) is 0 Å². The van der Waals surface area contributed by atoms with E-state index < -0.39 is 0 Å². The number of nitrogens with one attached hydrogen (secondary N) is 2. The van der Waals surface area contributed by atoms with Gasteiger partial charge in [0.25, 0.3) is 5.56 Å². The molecule has 0 aliphatic carbocycles. The van der Waals surface area contributed by atoms with Crippen LogP contribution in [0.15, 0.2) is 71.5 Å². The van der Waals surface area contributed by atoms with Crippen LogP contribution in [0.5, 0.6) is 0 Å². The number of hydrogen-bond donors (Lipinski definition) is 2. The van der Waals surface area contributed by atoms with Crippen molar-refractivity contribution in [3.63, 3.8) is 0 Å². The van der Waals surface area contributed by atoms with Gasteiger partial charge in [0.2, 0.25) is 5.95 Å². The first-order valence-corrected chi connectivity index (χ1v) is 7.17. The summed E-state index contributed by atoms with van der Waals surface area (Å²) in [6.07, 6.45) is 0. The molecule has 0 saturated heterocycles. The molecule has 0 spiro atoms. The molecule has 2 N–H and O–H groups in total. The number of aromatic amines is 1. The average Bonchev–Trinajstić information content (AvgIpc) is 2.53. The molecule has 22 heavy (non-hydrogen) atoms. The van der Waals surface area contributed by atoms with Crippen molar-refractivity contribution in [2.45, 2.75) is 13.0 Å². The lowest BCUT2D eigenvalue weighted by atomic mass is 9.99. The summed E-state index contributed by atoms with van der Waals surface area (Å²) in [6.45, 7) is 1.81. The lowest BCUT2D eigenvalue weighted by Gasteiger charge is -2.20. The number of aromatic nitrogens is 2. The minimum atomic E-state index is -0.158. The highest BCUT2D eigenvalue weighted by molar-refractivity contribution is 5.40. The number of benzene rings is 2. The summed E-state index contributed by atoms with van der Waals surface area (Å²) >= 11 is 0. The highest BCUT2D eigenvalue weighted by Crippen LogP contribution is 2.24. The van der Waals surface area contributed by atoms with Crippen LogP contribution < -0.4 is 10.9 Å². The number of hydrogen-bond acceptors (Lipinski definition) is 3. The summed E-state index contributed by atoms with van der Waals surface area (Å²) in [7, 11) is 0. The maximum absolute atomic E-state index is 11.6. The molecule has 0 aliphatic rings. The van der Waals surface area contributed by atoms with E-state index in [4.69, 9.17) is 0 Å².